The van der Waals surface area contributed by atoms with E-state index in [1.807, 2.05) is 37.3 Å². The summed E-state index contributed by atoms with van der Waals surface area (Å²) in [6, 6.07) is 9.97. The van der Waals surface area contributed by atoms with Crippen molar-refractivity contribution in [1.82, 2.24) is 9.97 Å². The highest BCUT2D eigenvalue weighted by atomic mass is 127. The number of hydrogen-bond donors (Lipinski definition) is 0. The molecule has 0 unspecified atom stereocenters. The minimum absolute atomic E-state index is 0.385. The van der Waals surface area contributed by atoms with Gasteiger partial charge in [-0.15, -0.1) is 0 Å². The Morgan fingerprint density at radius 1 is 1.13 bits per heavy atom. The number of ether oxygens (including phenoxy) is 1. The van der Waals surface area contributed by atoms with Crippen LogP contribution in [0, 0.1) is 10.5 Å². The van der Waals surface area contributed by atoms with Crippen LogP contribution in [0.4, 0.5) is 0 Å². The first-order valence-electron chi connectivity index (χ1n) is 4.47. The lowest BCUT2D eigenvalue weighted by molar-refractivity contribution is 0.440. The minimum atomic E-state index is 0.385. The van der Waals surface area contributed by atoms with Gasteiger partial charge in [0.1, 0.15) is 5.75 Å². The summed E-state index contributed by atoms with van der Waals surface area (Å²) in [5, 5.41) is 0. The van der Waals surface area contributed by atoms with E-state index in [2.05, 4.69) is 32.6 Å². The Bertz CT molecular complexity index is 456. The zero-order valence-electron chi connectivity index (χ0n) is 8.14. The summed E-state index contributed by atoms with van der Waals surface area (Å²) in [7, 11) is 0. The normalized spacial score (nSPS) is 10.0. The molecule has 0 saturated heterocycles. The molecule has 76 valence electrons. The van der Waals surface area contributed by atoms with E-state index in [9.17, 15) is 0 Å². The Kier molecular flexibility index (Phi) is 3.15. The summed E-state index contributed by atoms with van der Waals surface area (Å²) in [6.45, 7) is 1.91. The van der Waals surface area contributed by atoms with E-state index >= 15 is 0 Å². The van der Waals surface area contributed by atoms with Crippen LogP contribution in [-0.4, -0.2) is 9.97 Å². The topological polar surface area (TPSA) is 35.0 Å². The van der Waals surface area contributed by atoms with Crippen LogP contribution in [0.25, 0.3) is 0 Å². The molecule has 0 fully saturated rings. The molecular weight excluding hydrogens is 303 g/mol. The van der Waals surface area contributed by atoms with Crippen molar-refractivity contribution in [3.05, 3.63) is 45.8 Å². The maximum absolute atomic E-state index is 5.49. The summed E-state index contributed by atoms with van der Waals surface area (Å²) in [5.74, 6) is 0.751. The first-order chi connectivity index (χ1) is 7.24. The fourth-order valence-electron chi connectivity index (χ4n) is 1.08. The molecule has 0 aliphatic rings. The fourth-order valence-corrected chi connectivity index (χ4v) is 1.44. The van der Waals surface area contributed by atoms with Gasteiger partial charge in [0.2, 0.25) is 0 Å². The van der Waals surface area contributed by atoms with E-state index in [0.717, 1.165) is 11.4 Å². The average molecular weight is 312 g/mol. The van der Waals surface area contributed by atoms with Crippen LogP contribution in [0.2, 0.25) is 0 Å². The van der Waals surface area contributed by atoms with Gasteiger partial charge in [0.05, 0.1) is 0 Å². The molecule has 0 atom stereocenters. The average Bonchev–Trinajstić information content (AvgIpc) is 2.22. The van der Waals surface area contributed by atoms with Crippen molar-refractivity contribution in [2.45, 2.75) is 6.92 Å². The Morgan fingerprint density at radius 2 is 1.87 bits per heavy atom. The minimum Gasteiger partial charge on any atom is -0.424 e. The van der Waals surface area contributed by atoms with E-state index in [4.69, 9.17) is 4.74 Å². The van der Waals surface area contributed by atoms with Crippen molar-refractivity contribution >= 4 is 22.6 Å². The van der Waals surface area contributed by atoms with Crippen LogP contribution < -0.4 is 4.74 Å². The van der Waals surface area contributed by atoms with Crippen molar-refractivity contribution in [2.75, 3.05) is 0 Å². The Hall–Kier alpha value is -1.17. The smallest absolute Gasteiger partial charge is 0.322 e. The van der Waals surface area contributed by atoms with Crippen molar-refractivity contribution in [2.24, 2.45) is 0 Å². The summed E-state index contributed by atoms with van der Waals surface area (Å²) >= 11 is 2.25. The second-order valence-electron chi connectivity index (χ2n) is 3.04. The number of benzene rings is 1. The predicted molar refractivity (Wildman–Crippen MR) is 66.0 cm³/mol. The summed E-state index contributed by atoms with van der Waals surface area (Å²) in [6.07, 6.45) is 1.68. The van der Waals surface area contributed by atoms with Crippen LogP contribution in [0.15, 0.2) is 36.5 Å². The number of rotatable bonds is 2. The Labute approximate surface area is 102 Å². The van der Waals surface area contributed by atoms with Gasteiger partial charge in [-0.05, 0) is 59.8 Å². The Morgan fingerprint density at radius 3 is 2.53 bits per heavy atom. The molecule has 0 bridgehead atoms. The third-order valence-corrected chi connectivity index (χ3v) is 2.51. The van der Waals surface area contributed by atoms with Crippen LogP contribution >= 0.6 is 22.6 Å². The molecule has 1 aromatic heterocycles. The third-order valence-electron chi connectivity index (χ3n) is 1.80. The highest BCUT2D eigenvalue weighted by Crippen LogP contribution is 2.18. The molecule has 0 amide bonds. The summed E-state index contributed by atoms with van der Waals surface area (Å²) in [4.78, 5) is 8.18. The maximum atomic E-state index is 5.49. The highest BCUT2D eigenvalue weighted by molar-refractivity contribution is 14.1. The molecular formula is C11H9IN2O. The summed E-state index contributed by atoms with van der Waals surface area (Å²) in [5.41, 5.74) is 0.894. The SMILES string of the molecule is Cc1ccnc(Oc2ccc(I)cc2)n1. The first-order valence-corrected chi connectivity index (χ1v) is 5.55. The molecule has 0 saturated carbocycles. The molecule has 0 aliphatic heterocycles. The molecule has 15 heavy (non-hydrogen) atoms. The second kappa shape index (κ2) is 4.57. The Balaban J connectivity index is 2.18. The second-order valence-corrected chi connectivity index (χ2v) is 4.28. The molecule has 0 aliphatic carbocycles. The van der Waals surface area contributed by atoms with Crippen molar-refractivity contribution < 1.29 is 4.74 Å². The van der Waals surface area contributed by atoms with Gasteiger partial charge < -0.3 is 4.74 Å². The van der Waals surface area contributed by atoms with Gasteiger partial charge in [-0.3, -0.25) is 0 Å². The van der Waals surface area contributed by atoms with Gasteiger partial charge in [-0.1, -0.05) is 0 Å². The molecule has 2 aromatic rings. The largest absolute Gasteiger partial charge is 0.424 e. The lowest BCUT2D eigenvalue weighted by Crippen LogP contribution is -1.92. The van der Waals surface area contributed by atoms with Crippen LogP contribution in [0.1, 0.15) is 5.69 Å². The monoisotopic (exact) mass is 312 g/mol. The number of aromatic nitrogens is 2. The number of nitrogens with zero attached hydrogens (tertiary/aromatic N) is 2. The van der Waals surface area contributed by atoms with Crippen LogP contribution in [-0.2, 0) is 0 Å². The van der Waals surface area contributed by atoms with Gasteiger partial charge in [-0.2, -0.15) is 0 Å². The fraction of sp³-hybridized carbons (Fsp3) is 0.0909. The van der Waals surface area contributed by atoms with E-state index in [0.29, 0.717) is 6.01 Å². The molecule has 0 spiro atoms. The molecule has 0 N–H and O–H groups in total. The standard InChI is InChI=1S/C11H9IN2O/c1-8-6-7-13-11(14-8)15-10-4-2-9(12)3-5-10/h2-7H,1H3. The summed E-state index contributed by atoms with van der Waals surface area (Å²) < 4.78 is 6.66. The van der Waals surface area contributed by atoms with Gasteiger partial charge in [-0.25, -0.2) is 9.97 Å². The van der Waals surface area contributed by atoms with Crippen LogP contribution in [0.3, 0.4) is 0 Å². The zero-order chi connectivity index (χ0) is 10.7. The lowest BCUT2D eigenvalue weighted by atomic mass is 10.3. The molecule has 1 aromatic carbocycles. The molecule has 2 rings (SSSR count). The highest BCUT2D eigenvalue weighted by Gasteiger charge is 1.99. The third kappa shape index (κ3) is 2.89. The first kappa shape index (κ1) is 10.4. The van der Waals surface area contributed by atoms with Gasteiger partial charge >= 0.3 is 6.01 Å². The number of hydrogen-bond acceptors (Lipinski definition) is 3. The van der Waals surface area contributed by atoms with Crippen molar-refractivity contribution in [1.29, 1.82) is 0 Å². The maximum Gasteiger partial charge on any atom is 0.322 e. The van der Waals surface area contributed by atoms with E-state index < -0.39 is 0 Å². The van der Waals surface area contributed by atoms with Crippen LogP contribution in [0.5, 0.6) is 11.8 Å². The van der Waals surface area contributed by atoms with E-state index in [-0.39, 0.29) is 0 Å². The molecule has 0 radical (unpaired) electrons. The lowest BCUT2D eigenvalue weighted by Gasteiger charge is -2.03. The van der Waals surface area contributed by atoms with Crippen molar-refractivity contribution in [3.8, 4) is 11.8 Å². The van der Waals surface area contributed by atoms with Gasteiger partial charge in [0.25, 0.3) is 0 Å². The van der Waals surface area contributed by atoms with Gasteiger partial charge in [0.15, 0.2) is 0 Å². The van der Waals surface area contributed by atoms with E-state index in [1.54, 1.807) is 6.20 Å². The van der Waals surface area contributed by atoms with Gasteiger partial charge in [0, 0.05) is 15.5 Å². The molecule has 3 nitrogen and oxygen atoms in total. The molecule has 1 heterocycles. The van der Waals surface area contributed by atoms with Crippen molar-refractivity contribution in [3.63, 3.8) is 0 Å². The number of halogens is 1. The quantitative estimate of drug-likeness (QED) is 0.799. The van der Waals surface area contributed by atoms with E-state index in [1.165, 1.54) is 3.57 Å². The zero-order valence-corrected chi connectivity index (χ0v) is 10.3. The number of aryl methyl sites for hydroxylation is 1. The molecule has 4 heteroatoms. The predicted octanol–water partition coefficient (Wildman–Crippen LogP) is 3.18.